The zero-order valence-corrected chi connectivity index (χ0v) is 10.5. The molecule has 0 saturated heterocycles. The molecule has 0 amide bonds. The number of aliphatic hydroxyl groups excluding tert-OH is 1. The maximum atomic E-state index is 9.60. The number of hydrogen-bond donors (Lipinski definition) is 2. The van der Waals surface area contributed by atoms with Gasteiger partial charge in [-0.05, 0) is 12.5 Å². The first-order chi connectivity index (χ1) is 7.72. The molecule has 0 fully saturated rings. The van der Waals surface area contributed by atoms with E-state index in [1.165, 1.54) is 0 Å². The molecule has 2 unspecified atom stereocenters. The maximum Gasteiger partial charge on any atom is 0.245 e. The Morgan fingerprint density at radius 2 is 2.38 bits per heavy atom. The Bertz CT molecular complexity index is 269. The minimum atomic E-state index is -0.509. The summed E-state index contributed by atoms with van der Waals surface area (Å²) in [6, 6.07) is 0. The lowest BCUT2D eigenvalue weighted by Gasteiger charge is -2.14. The monoisotopic (exact) mass is 245 g/mol. The van der Waals surface area contributed by atoms with Crippen LogP contribution in [0.1, 0.15) is 20.3 Å². The van der Waals surface area contributed by atoms with Crippen LogP contribution in [0.3, 0.4) is 0 Å². The van der Waals surface area contributed by atoms with Gasteiger partial charge in [0.1, 0.15) is 18.9 Å². The second-order valence-corrected chi connectivity index (χ2v) is 4.44. The molecule has 0 saturated carbocycles. The van der Waals surface area contributed by atoms with Crippen molar-refractivity contribution in [3.8, 4) is 5.88 Å². The molecule has 2 atom stereocenters. The molecule has 0 aliphatic rings. The lowest BCUT2D eigenvalue weighted by atomic mass is 10.1. The number of nitrogens with zero attached hydrogens (tertiary/aromatic N) is 2. The number of aromatic nitrogens is 2. The van der Waals surface area contributed by atoms with E-state index in [0.29, 0.717) is 18.3 Å². The maximum absolute atomic E-state index is 9.60. The molecule has 1 aromatic heterocycles. The van der Waals surface area contributed by atoms with Crippen molar-refractivity contribution in [2.24, 2.45) is 5.92 Å². The molecular formula is C10H19N3O2S. The molecule has 1 rings (SSSR count). The van der Waals surface area contributed by atoms with Gasteiger partial charge in [0.2, 0.25) is 5.88 Å². The molecule has 92 valence electrons. The van der Waals surface area contributed by atoms with Crippen molar-refractivity contribution in [3.05, 3.63) is 6.20 Å². The van der Waals surface area contributed by atoms with Crippen LogP contribution in [-0.4, -0.2) is 39.7 Å². The average Bonchev–Trinajstić information content (AvgIpc) is 2.79. The van der Waals surface area contributed by atoms with Gasteiger partial charge < -0.3 is 15.2 Å². The number of nitrogens with one attached hydrogen (secondary N) is 1. The van der Waals surface area contributed by atoms with Crippen LogP contribution >= 0.6 is 11.7 Å². The molecule has 0 radical (unpaired) electrons. The molecule has 0 bridgehead atoms. The normalized spacial score (nSPS) is 14.7. The van der Waals surface area contributed by atoms with Crippen LogP contribution < -0.4 is 10.1 Å². The third kappa shape index (κ3) is 5.39. The number of ether oxygens (including phenoxy) is 1. The fraction of sp³-hybridized carbons (Fsp3) is 0.800. The summed E-state index contributed by atoms with van der Waals surface area (Å²) in [5.41, 5.74) is 0. The number of hydrogen-bond acceptors (Lipinski definition) is 6. The van der Waals surface area contributed by atoms with E-state index >= 15 is 0 Å². The molecule has 2 N–H and O–H groups in total. The quantitative estimate of drug-likeness (QED) is 0.712. The Balaban J connectivity index is 2.05. The van der Waals surface area contributed by atoms with E-state index in [2.05, 4.69) is 27.9 Å². The van der Waals surface area contributed by atoms with Crippen molar-refractivity contribution >= 4 is 11.7 Å². The summed E-state index contributed by atoms with van der Waals surface area (Å²) in [5.74, 6) is 1.11. The van der Waals surface area contributed by atoms with E-state index in [9.17, 15) is 5.11 Å². The highest BCUT2D eigenvalue weighted by Gasteiger charge is 2.06. The summed E-state index contributed by atoms with van der Waals surface area (Å²) >= 11 is 1.09. The third-order valence-electron chi connectivity index (χ3n) is 2.33. The summed E-state index contributed by atoms with van der Waals surface area (Å²) in [5, 5.41) is 12.8. The molecule has 16 heavy (non-hydrogen) atoms. The SMILES string of the molecule is CCC(C)CNCC(O)COc1cnsn1. The number of rotatable bonds is 8. The van der Waals surface area contributed by atoms with E-state index < -0.39 is 6.10 Å². The smallest absolute Gasteiger partial charge is 0.245 e. The summed E-state index contributed by atoms with van der Waals surface area (Å²) in [7, 11) is 0. The lowest BCUT2D eigenvalue weighted by molar-refractivity contribution is 0.103. The van der Waals surface area contributed by atoms with Gasteiger partial charge in [0.05, 0.1) is 11.7 Å². The van der Waals surface area contributed by atoms with Crippen LogP contribution in [0.15, 0.2) is 6.20 Å². The van der Waals surface area contributed by atoms with Crippen LogP contribution in [0.5, 0.6) is 5.88 Å². The van der Waals surface area contributed by atoms with Crippen LogP contribution in [0.2, 0.25) is 0 Å². The molecule has 0 aliphatic heterocycles. The van der Waals surface area contributed by atoms with Crippen LogP contribution in [0.4, 0.5) is 0 Å². The Labute approximate surface area is 100 Å². The minimum absolute atomic E-state index is 0.249. The zero-order valence-electron chi connectivity index (χ0n) is 9.72. The van der Waals surface area contributed by atoms with Crippen molar-refractivity contribution < 1.29 is 9.84 Å². The van der Waals surface area contributed by atoms with Gasteiger partial charge in [0.25, 0.3) is 0 Å². The molecule has 5 nitrogen and oxygen atoms in total. The van der Waals surface area contributed by atoms with E-state index in [1.54, 1.807) is 6.20 Å². The Kier molecular flexibility index (Phi) is 6.29. The van der Waals surface area contributed by atoms with Gasteiger partial charge in [-0.1, -0.05) is 20.3 Å². The summed E-state index contributed by atoms with van der Waals surface area (Å²) in [6.07, 6.45) is 2.18. The second kappa shape index (κ2) is 7.54. The predicted octanol–water partition coefficient (Wildman–Crippen LogP) is 0.913. The summed E-state index contributed by atoms with van der Waals surface area (Å²) in [4.78, 5) is 0. The van der Waals surface area contributed by atoms with E-state index in [1.807, 2.05) is 0 Å². The first kappa shape index (κ1) is 13.3. The highest BCUT2D eigenvalue weighted by molar-refractivity contribution is 6.99. The molecule has 0 aliphatic carbocycles. The van der Waals surface area contributed by atoms with Gasteiger partial charge in [-0.2, -0.15) is 4.37 Å². The molecule has 0 spiro atoms. The van der Waals surface area contributed by atoms with Gasteiger partial charge >= 0.3 is 0 Å². The van der Waals surface area contributed by atoms with Gasteiger partial charge in [0.15, 0.2) is 0 Å². The second-order valence-electron chi connectivity index (χ2n) is 3.88. The standard InChI is InChI=1S/C10H19N3O2S/c1-3-8(2)4-11-5-9(14)7-15-10-6-12-16-13-10/h6,8-9,11,14H,3-5,7H2,1-2H3. The fourth-order valence-electron chi connectivity index (χ4n) is 1.10. The first-order valence-electron chi connectivity index (χ1n) is 5.51. The van der Waals surface area contributed by atoms with Crippen molar-refractivity contribution in [3.63, 3.8) is 0 Å². The Hall–Kier alpha value is -0.720. The van der Waals surface area contributed by atoms with Crippen molar-refractivity contribution in [2.45, 2.75) is 26.4 Å². The fourth-order valence-corrected chi connectivity index (χ4v) is 1.47. The number of aliphatic hydroxyl groups is 1. The van der Waals surface area contributed by atoms with Gasteiger partial charge in [-0.15, -0.1) is 4.37 Å². The zero-order chi connectivity index (χ0) is 11.8. The van der Waals surface area contributed by atoms with E-state index in [4.69, 9.17) is 4.74 Å². The van der Waals surface area contributed by atoms with E-state index in [0.717, 1.165) is 24.7 Å². The predicted molar refractivity (Wildman–Crippen MR) is 63.7 cm³/mol. The Morgan fingerprint density at radius 3 is 3.00 bits per heavy atom. The van der Waals surface area contributed by atoms with Gasteiger partial charge in [0, 0.05) is 6.54 Å². The molecule has 1 heterocycles. The van der Waals surface area contributed by atoms with Crippen molar-refractivity contribution in [2.75, 3.05) is 19.7 Å². The third-order valence-corrected chi connectivity index (χ3v) is 2.80. The molecular weight excluding hydrogens is 226 g/mol. The largest absolute Gasteiger partial charge is 0.473 e. The van der Waals surface area contributed by atoms with Crippen LogP contribution in [-0.2, 0) is 0 Å². The molecule has 6 heteroatoms. The van der Waals surface area contributed by atoms with E-state index in [-0.39, 0.29) is 6.61 Å². The highest BCUT2D eigenvalue weighted by atomic mass is 32.1. The Morgan fingerprint density at radius 1 is 1.56 bits per heavy atom. The average molecular weight is 245 g/mol. The topological polar surface area (TPSA) is 67.3 Å². The van der Waals surface area contributed by atoms with Crippen molar-refractivity contribution in [1.29, 1.82) is 0 Å². The summed E-state index contributed by atoms with van der Waals surface area (Å²) in [6.45, 7) is 6.05. The molecule has 0 aromatic carbocycles. The molecule has 1 aromatic rings. The van der Waals surface area contributed by atoms with Crippen molar-refractivity contribution in [1.82, 2.24) is 14.1 Å². The van der Waals surface area contributed by atoms with Crippen LogP contribution in [0.25, 0.3) is 0 Å². The minimum Gasteiger partial charge on any atom is -0.473 e. The first-order valence-corrected chi connectivity index (χ1v) is 6.24. The highest BCUT2D eigenvalue weighted by Crippen LogP contribution is 2.05. The summed E-state index contributed by atoms with van der Waals surface area (Å²) < 4.78 is 12.9. The lowest BCUT2D eigenvalue weighted by Crippen LogP contribution is -2.33. The van der Waals surface area contributed by atoms with Gasteiger partial charge in [-0.3, -0.25) is 0 Å². The van der Waals surface area contributed by atoms with Gasteiger partial charge in [-0.25, -0.2) is 0 Å². The van der Waals surface area contributed by atoms with Crippen LogP contribution in [0, 0.1) is 5.92 Å².